The molecule has 0 radical (unpaired) electrons. The molecule has 1 heteroatoms. The molecule has 0 atom stereocenters. The number of unbranched alkanes of at least 4 members (excludes halogenated alkanes) is 2. The van der Waals surface area contributed by atoms with Crippen LogP contribution in [0.25, 0.3) is 0 Å². The lowest BCUT2D eigenvalue weighted by Gasteiger charge is -2.38. The predicted octanol–water partition coefficient (Wildman–Crippen LogP) is 6.26. The van der Waals surface area contributed by atoms with E-state index in [9.17, 15) is 0 Å². The van der Waals surface area contributed by atoms with Gasteiger partial charge in [-0.2, -0.15) is 0 Å². The molecule has 1 aromatic carbocycles. The zero-order valence-electron chi connectivity index (χ0n) is 14.0. The SMILES string of the molecule is CCCCOc1ccc(C2(CCCC)CCCCC2)cc1. The molecule has 0 bridgehead atoms. The van der Waals surface area contributed by atoms with Gasteiger partial charge in [-0.25, -0.2) is 0 Å². The minimum Gasteiger partial charge on any atom is -0.494 e. The van der Waals surface area contributed by atoms with E-state index in [0.29, 0.717) is 5.41 Å². The first-order chi connectivity index (χ1) is 10.3. The van der Waals surface area contributed by atoms with Crippen molar-refractivity contribution in [2.24, 2.45) is 0 Å². The Labute approximate surface area is 131 Å². The van der Waals surface area contributed by atoms with E-state index >= 15 is 0 Å². The second kappa shape index (κ2) is 8.46. The number of hydrogen-bond donors (Lipinski definition) is 0. The van der Waals surface area contributed by atoms with Crippen molar-refractivity contribution in [3.63, 3.8) is 0 Å². The Morgan fingerprint density at radius 3 is 2.19 bits per heavy atom. The van der Waals surface area contributed by atoms with Crippen LogP contribution in [0.1, 0.15) is 83.6 Å². The maximum absolute atomic E-state index is 5.80. The Morgan fingerprint density at radius 1 is 0.905 bits per heavy atom. The van der Waals surface area contributed by atoms with E-state index in [2.05, 4.69) is 38.1 Å². The second-order valence-corrected chi connectivity index (χ2v) is 6.67. The third kappa shape index (κ3) is 4.49. The van der Waals surface area contributed by atoms with E-state index < -0.39 is 0 Å². The third-order valence-electron chi connectivity index (χ3n) is 5.05. The molecule has 0 aliphatic heterocycles. The van der Waals surface area contributed by atoms with Crippen molar-refractivity contribution in [2.45, 2.75) is 83.5 Å². The molecule has 0 unspecified atom stereocenters. The van der Waals surface area contributed by atoms with Gasteiger partial charge in [0.15, 0.2) is 0 Å². The molecule has 0 heterocycles. The van der Waals surface area contributed by atoms with Crippen molar-refractivity contribution < 1.29 is 4.74 Å². The first-order valence-electron chi connectivity index (χ1n) is 9.04. The Bertz CT molecular complexity index is 387. The van der Waals surface area contributed by atoms with Gasteiger partial charge in [0.2, 0.25) is 0 Å². The molecular formula is C20H32O. The van der Waals surface area contributed by atoms with Gasteiger partial charge >= 0.3 is 0 Å². The topological polar surface area (TPSA) is 9.23 Å². The molecule has 0 spiro atoms. The Hall–Kier alpha value is -0.980. The highest BCUT2D eigenvalue weighted by molar-refractivity contribution is 5.33. The summed E-state index contributed by atoms with van der Waals surface area (Å²) in [6, 6.07) is 9.05. The average Bonchev–Trinajstić information content (AvgIpc) is 2.55. The van der Waals surface area contributed by atoms with E-state index in [-0.39, 0.29) is 0 Å². The van der Waals surface area contributed by atoms with E-state index in [1.807, 2.05) is 0 Å². The molecule has 118 valence electrons. The minimum atomic E-state index is 0.455. The van der Waals surface area contributed by atoms with Gasteiger partial charge in [-0.15, -0.1) is 0 Å². The van der Waals surface area contributed by atoms with Gasteiger partial charge in [0.05, 0.1) is 6.61 Å². The standard InChI is InChI=1S/C20H32O/c1-3-5-14-20(15-8-7-9-16-20)18-10-12-19(13-11-18)21-17-6-4-2/h10-13H,3-9,14-17H2,1-2H3. The van der Waals surface area contributed by atoms with E-state index in [4.69, 9.17) is 4.74 Å². The zero-order valence-corrected chi connectivity index (χ0v) is 14.0. The van der Waals surface area contributed by atoms with Crippen molar-refractivity contribution in [1.29, 1.82) is 0 Å². The summed E-state index contributed by atoms with van der Waals surface area (Å²) in [7, 11) is 0. The van der Waals surface area contributed by atoms with Gasteiger partial charge in [0.1, 0.15) is 5.75 Å². The zero-order chi connectivity index (χ0) is 15.0. The largest absolute Gasteiger partial charge is 0.494 e. The highest BCUT2D eigenvalue weighted by Crippen LogP contribution is 2.43. The Kier molecular flexibility index (Phi) is 6.60. The van der Waals surface area contributed by atoms with Crippen molar-refractivity contribution in [3.05, 3.63) is 29.8 Å². The van der Waals surface area contributed by atoms with E-state index in [1.54, 1.807) is 5.56 Å². The van der Waals surface area contributed by atoms with Gasteiger partial charge < -0.3 is 4.74 Å². The molecule has 1 aliphatic carbocycles. The van der Waals surface area contributed by atoms with Crippen molar-refractivity contribution >= 4 is 0 Å². The number of hydrogen-bond acceptors (Lipinski definition) is 1. The fraction of sp³-hybridized carbons (Fsp3) is 0.700. The van der Waals surface area contributed by atoms with E-state index in [0.717, 1.165) is 18.8 Å². The van der Waals surface area contributed by atoms with Crippen LogP contribution < -0.4 is 4.74 Å². The molecule has 0 saturated heterocycles. The monoisotopic (exact) mass is 288 g/mol. The number of benzene rings is 1. The molecule has 1 aromatic rings. The van der Waals surface area contributed by atoms with Crippen molar-refractivity contribution in [3.8, 4) is 5.75 Å². The van der Waals surface area contributed by atoms with Crippen LogP contribution in [0.15, 0.2) is 24.3 Å². The molecule has 1 saturated carbocycles. The molecule has 1 nitrogen and oxygen atoms in total. The van der Waals surface area contributed by atoms with Gasteiger partial charge in [-0.3, -0.25) is 0 Å². The van der Waals surface area contributed by atoms with Crippen LogP contribution in [0.3, 0.4) is 0 Å². The molecule has 0 aromatic heterocycles. The lowest BCUT2D eigenvalue weighted by molar-refractivity contribution is 0.266. The van der Waals surface area contributed by atoms with Gasteiger partial charge in [-0.05, 0) is 48.8 Å². The summed E-state index contributed by atoms with van der Waals surface area (Å²) < 4.78 is 5.80. The average molecular weight is 288 g/mol. The van der Waals surface area contributed by atoms with Gasteiger partial charge in [0.25, 0.3) is 0 Å². The summed E-state index contributed by atoms with van der Waals surface area (Å²) in [6.45, 7) is 5.35. The predicted molar refractivity (Wildman–Crippen MR) is 91.1 cm³/mol. The summed E-state index contributed by atoms with van der Waals surface area (Å²) in [5.41, 5.74) is 2.01. The molecule has 2 rings (SSSR count). The molecule has 1 fully saturated rings. The van der Waals surface area contributed by atoms with Gasteiger partial charge in [0, 0.05) is 0 Å². The lowest BCUT2D eigenvalue weighted by atomic mass is 9.67. The maximum atomic E-state index is 5.80. The lowest BCUT2D eigenvalue weighted by Crippen LogP contribution is -2.29. The van der Waals surface area contributed by atoms with Crippen LogP contribution >= 0.6 is 0 Å². The highest BCUT2D eigenvalue weighted by Gasteiger charge is 2.32. The third-order valence-corrected chi connectivity index (χ3v) is 5.05. The van der Waals surface area contributed by atoms with Crippen LogP contribution in [-0.4, -0.2) is 6.61 Å². The van der Waals surface area contributed by atoms with Crippen LogP contribution in [0.4, 0.5) is 0 Å². The maximum Gasteiger partial charge on any atom is 0.119 e. The Balaban J connectivity index is 2.05. The van der Waals surface area contributed by atoms with Crippen molar-refractivity contribution in [2.75, 3.05) is 6.61 Å². The minimum absolute atomic E-state index is 0.455. The summed E-state index contributed by atoms with van der Waals surface area (Å²) in [5, 5.41) is 0. The fourth-order valence-electron chi connectivity index (χ4n) is 3.67. The quantitative estimate of drug-likeness (QED) is 0.513. The summed E-state index contributed by atoms with van der Waals surface area (Å²) in [5.74, 6) is 1.04. The molecule has 21 heavy (non-hydrogen) atoms. The summed E-state index contributed by atoms with van der Waals surface area (Å²) >= 11 is 0. The Morgan fingerprint density at radius 2 is 1.57 bits per heavy atom. The summed E-state index contributed by atoms with van der Waals surface area (Å²) in [4.78, 5) is 0. The van der Waals surface area contributed by atoms with Crippen LogP contribution in [0, 0.1) is 0 Å². The first-order valence-corrected chi connectivity index (χ1v) is 9.04. The fourth-order valence-corrected chi connectivity index (χ4v) is 3.67. The number of rotatable bonds is 8. The molecule has 0 amide bonds. The molecule has 1 aliphatic rings. The van der Waals surface area contributed by atoms with Crippen molar-refractivity contribution in [1.82, 2.24) is 0 Å². The highest BCUT2D eigenvalue weighted by atomic mass is 16.5. The second-order valence-electron chi connectivity index (χ2n) is 6.67. The van der Waals surface area contributed by atoms with Crippen LogP contribution in [0.5, 0.6) is 5.75 Å². The normalized spacial score (nSPS) is 17.6. The smallest absolute Gasteiger partial charge is 0.119 e. The first kappa shape index (κ1) is 16.4. The molecule has 0 N–H and O–H groups in total. The van der Waals surface area contributed by atoms with Gasteiger partial charge in [-0.1, -0.05) is 64.5 Å². The van der Waals surface area contributed by atoms with Crippen LogP contribution in [0.2, 0.25) is 0 Å². The van der Waals surface area contributed by atoms with E-state index in [1.165, 1.54) is 57.8 Å². The summed E-state index contributed by atoms with van der Waals surface area (Å²) in [6.07, 6.45) is 13.3. The molecular weight excluding hydrogens is 256 g/mol. The van der Waals surface area contributed by atoms with Crippen LogP contribution in [-0.2, 0) is 5.41 Å². The number of ether oxygens (including phenoxy) is 1.